The number of likely N-dealkylation sites (tertiary alicyclic amines) is 1. The SMILES string of the molecule is CC(C)[C@H](NC(=O)[C@H](CCCN=C(N)N)NC(=O)[C@@H]1CCCN1)C(=O)N[C@@H](CC(=O)O)C(=O)N[C@H](C(=O)N[C@@H](CCCN=C(N)N)C(=O)N[C@H](C(=O)N[C@@H](CC(=O)O)C(=O)N1CCC[C@H]1C(N)=O)C(C)C)C(C)C. The molecule has 0 bridgehead atoms. The summed E-state index contributed by atoms with van der Waals surface area (Å²) in [6, 6.07) is -11.9. The maximum absolute atomic E-state index is 14.1. The van der Waals surface area contributed by atoms with Crippen molar-refractivity contribution < 1.29 is 63.0 Å². The third-order valence-corrected chi connectivity index (χ3v) is 12.1. The normalized spacial score (nSPS) is 18.0. The summed E-state index contributed by atoms with van der Waals surface area (Å²) in [6.07, 6.45) is 0.359. The van der Waals surface area contributed by atoms with Crippen molar-refractivity contribution >= 4 is 77.0 Å². The summed E-state index contributed by atoms with van der Waals surface area (Å²) in [5.41, 5.74) is 27.2. The molecule has 0 aliphatic carbocycles. The molecule has 0 aromatic heterocycles. The average molecular weight is 1050 g/mol. The monoisotopic (exact) mass is 1050 g/mol. The van der Waals surface area contributed by atoms with Gasteiger partial charge in [0, 0.05) is 19.6 Å². The van der Waals surface area contributed by atoms with Crippen LogP contribution in [0.25, 0.3) is 0 Å². The van der Waals surface area contributed by atoms with Crippen molar-refractivity contribution in [3.8, 4) is 0 Å². The number of hydrogen-bond acceptors (Lipinski definition) is 14. The number of carboxylic acids is 2. The van der Waals surface area contributed by atoms with Crippen molar-refractivity contribution in [2.75, 3.05) is 26.2 Å². The predicted molar refractivity (Wildman–Crippen MR) is 267 cm³/mol. The summed E-state index contributed by atoms with van der Waals surface area (Å²) in [4.78, 5) is 155. The molecule has 0 spiro atoms. The molecule has 9 atom stereocenters. The summed E-state index contributed by atoms with van der Waals surface area (Å²) in [5.74, 6) is -13.3. The third-order valence-electron chi connectivity index (χ3n) is 12.1. The standard InChI is InChI=1S/C45H78N16O13/c1-21(2)32(60-39(70)27(19-30(62)63)56-41(72)33(22(3)4)58-37(68)25(12-8-16-52-44(47)48)54-36(67)24-11-7-15-51-24)40(71)55-26(13-9-17-53-45(49)50)38(69)59-34(23(5)6)42(73)57-28(20-31(64)65)43(74)61-18-10-14-29(61)35(46)66/h21-29,32-34,51H,7-20H2,1-6H3,(H2,46,66)(H,54,67)(H,55,71)(H,56,72)(H,57,73)(H,58,68)(H,59,69)(H,60,70)(H,62,63)(H,64,65)(H4,47,48,52)(H4,49,50,53)/t24-,25-,26-,27-,28-,29-,32-,33-,34-/m0/s1. The van der Waals surface area contributed by atoms with E-state index in [1.165, 1.54) is 13.8 Å². The molecule has 29 heteroatoms. The molecule has 29 nitrogen and oxygen atoms in total. The molecule has 74 heavy (non-hydrogen) atoms. The number of rotatable bonds is 31. The molecular formula is C45H78N16O13. The van der Waals surface area contributed by atoms with E-state index < -0.39 is 150 Å². The van der Waals surface area contributed by atoms with E-state index in [4.69, 9.17) is 28.7 Å². The van der Waals surface area contributed by atoms with Gasteiger partial charge in [-0.2, -0.15) is 0 Å². The summed E-state index contributed by atoms with van der Waals surface area (Å²) in [6.45, 7) is 10.1. The molecule has 0 saturated carbocycles. The van der Waals surface area contributed by atoms with Crippen LogP contribution in [0, 0.1) is 17.8 Å². The van der Waals surface area contributed by atoms with Crippen LogP contribution in [-0.2, 0) is 52.7 Å². The van der Waals surface area contributed by atoms with Gasteiger partial charge in [0.2, 0.25) is 53.2 Å². The van der Waals surface area contributed by atoms with Gasteiger partial charge in [0.05, 0.1) is 18.9 Å². The highest BCUT2D eigenvalue weighted by Crippen LogP contribution is 2.19. The number of guanidine groups is 2. The molecule has 0 aromatic carbocycles. The maximum atomic E-state index is 14.1. The molecule has 0 radical (unpaired) electrons. The number of aliphatic imine (C=N–C) groups is 2. The van der Waals surface area contributed by atoms with E-state index in [2.05, 4.69) is 52.5 Å². The van der Waals surface area contributed by atoms with Crippen LogP contribution >= 0.6 is 0 Å². The number of carboxylic acid groups (broad SMARTS) is 2. The van der Waals surface area contributed by atoms with Crippen LogP contribution in [0.2, 0.25) is 0 Å². The Morgan fingerprint density at radius 3 is 1.34 bits per heavy atom. The number of nitrogens with two attached hydrogens (primary N) is 5. The van der Waals surface area contributed by atoms with Crippen molar-refractivity contribution in [1.29, 1.82) is 0 Å². The van der Waals surface area contributed by atoms with Gasteiger partial charge >= 0.3 is 11.9 Å². The molecule has 416 valence electrons. The molecule has 0 aromatic rings. The molecule has 2 aliphatic heterocycles. The van der Waals surface area contributed by atoms with Crippen LogP contribution in [0.4, 0.5) is 0 Å². The lowest BCUT2D eigenvalue weighted by molar-refractivity contribution is -0.146. The van der Waals surface area contributed by atoms with Crippen molar-refractivity contribution in [2.45, 2.75) is 160 Å². The number of carbonyl (C=O) groups excluding carboxylic acids is 9. The number of amides is 9. The molecule has 9 amide bonds. The quantitative estimate of drug-likeness (QED) is 0.0175. The lowest BCUT2D eigenvalue weighted by atomic mass is 9.99. The van der Waals surface area contributed by atoms with Gasteiger partial charge in [0.25, 0.3) is 0 Å². The second-order valence-corrected chi connectivity index (χ2v) is 19.3. The van der Waals surface area contributed by atoms with Gasteiger partial charge in [-0.1, -0.05) is 41.5 Å². The second-order valence-electron chi connectivity index (χ2n) is 19.3. The van der Waals surface area contributed by atoms with Crippen LogP contribution in [0.1, 0.15) is 106 Å². The fraction of sp³-hybridized carbons (Fsp3) is 0.711. The smallest absolute Gasteiger partial charge is 0.305 e. The van der Waals surface area contributed by atoms with Crippen molar-refractivity contribution in [3.05, 3.63) is 0 Å². The first kappa shape index (κ1) is 62.8. The Hall–Kier alpha value is -7.33. The molecule has 2 rings (SSSR count). The van der Waals surface area contributed by atoms with Crippen molar-refractivity contribution in [2.24, 2.45) is 56.4 Å². The topological polar surface area (TPSA) is 483 Å². The van der Waals surface area contributed by atoms with E-state index in [1.54, 1.807) is 27.7 Å². The van der Waals surface area contributed by atoms with E-state index in [-0.39, 0.29) is 63.7 Å². The Bertz CT molecular complexity index is 2070. The van der Waals surface area contributed by atoms with Gasteiger partial charge in [-0.25, -0.2) is 0 Å². The molecule has 2 aliphatic rings. The van der Waals surface area contributed by atoms with Crippen molar-refractivity contribution in [3.63, 3.8) is 0 Å². The molecular weight excluding hydrogens is 973 g/mol. The van der Waals surface area contributed by atoms with Crippen molar-refractivity contribution in [1.82, 2.24) is 47.4 Å². The van der Waals surface area contributed by atoms with E-state index in [0.29, 0.717) is 19.4 Å². The van der Waals surface area contributed by atoms with Gasteiger partial charge in [-0.05, 0) is 75.7 Å². The Morgan fingerprint density at radius 1 is 0.541 bits per heavy atom. The minimum absolute atomic E-state index is 0.0107. The van der Waals surface area contributed by atoms with Crippen LogP contribution in [0.3, 0.4) is 0 Å². The molecule has 2 heterocycles. The van der Waals surface area contributed by atoms with E-state index in [9.17, 15) is 63.0 Å². The van der Waals surface area contributed by atoms with Crippen LogP contribution < -0.4 is 71.2 Å². The maximum Gasteiger partial charge on any atom is 0.305 e. The first-order valence-electron chi connectivity index (χ1n) is 24.6. The molecule has 2 saturated heterocycles. The van der Waals surface area contributed by atoms with Crippen LogP contribution in [0.15, 0.2) is 9.98 Å². The number of aliphatic carboxylic acids is 2. The first-order valence-corrected chi connectivity index (χ1v) is 24.6. The summed E-state index contributed by atoms with van der Waals surface area (Å²) >= 11 is 0. The minimum atomic E-state index is -1.82. The largest absolute Gasteiger partial charge is 0.481 e. The van der Waals surface area contributed by atoms with E-state index >= 15 is 0 Å². The Balaban J connectivity index is 2.36. The highest BCUT2D eigenvalue weighted by Gasteiger charge is 2.40. The van der Waals surface area contributed by atoms with Gasteiger partial charge < -0.3 is 86.3 Å². The fourth-order valence-electron chi connectivity index (χ4n) is 8.16. The van der Waals surface area contributed by atoms with Crippen LogP contribution in [0.5, 0.6) is 0 Å². The zero-order chi connectivity index (χ0) is 56.0. The van der Waals surface area contributed by atoms with Gasteiger partial charge in [-0.3, -0.25) is 62.7 Å². The van der Waals surface area contributed by atoms with Gasteiger partial charge in [0.1, 0.15) is 48.3 Å². The number of nitrogens with zero attached hydrogens (tertiary/aromatic N) is 3. The highest BCUT2D eigenvalue weighted by atomic mass is 16.4. The number of hydrogen-bond donors (Lipinski definition) is 15. The Labute approximate surface area is 429 Å². The lowest BCUT2D eigenvalue weighted by Gasteiger charge is -2.30. The summed E-state index contributed by atoms with van der Waals surface area (Å²) in [5, 5.41) is 40.1. The molecule has 2 fully saturated rings. The van der Waals surface area contributed by atoms with E-state index in [0.717, 1.165) is 11.3 Å². The average Bonchev–Trinajstić information content (AvgIpc) is 4.03. The Kier molecular flexibility index (Phi) is 26.0. The number of nitrogens with one attached hydrogen (secondary N) is 8. The Morgan fingerprint density at radius 2 is 0.946 bits per heavy atom. The second kappa shape index (κ2) is 30.6. The summed E-state index contributed by atoms with van der Waals surface area (Å²) < 4.78 is 0. The number of carbonyl (C=O) groups is 11. The fourth-order valence-corrected chi connectivity index (χ4v) is 8.16. The van der Waals surface area contributed by atoms with Gasteiger partial charge in [-0.15, -0.1) is 0 Å². The summed E-state index contributed by atoms with van der Waals surface area (Å²) in [7, 11) is 0. The minimum Gasteiger partial charge on any atom is -0.481 e. The zero-order valence-electron chi connectivity index (χ0n) is 42.9. The zero-order valence-corrected chi connectivity index (χ0v) is 42.9. The van der Waals surface area contributed by atoms with E-state index in [1.807, 2.05) is 0 Å². The van der Waals surface area contributed by atoms with Crippen LogP contribution in [-0.4, -0.2) is 173 Å². The lowest BCUT2D eigenvalue weighted by Crippen LogP contribution is -2.62. The third kappa shape index (κ3) is 21.0. The first-order chi connectivity index (χ1) is 34.6. The molecule has 20 N–H and O–H groups in total. The van der Waals surface area contributed by atoms with Gasteiger partial charge in [0.15, 0.2) is 11.9 Å². The number of primary amides is 1. The molecule has 0 unspecified atom stereocenters. The highest BCUT2D eigenvalue weighted by molar-refractivity contribution is 5.99. The predicted octanol–water partition coefficient (Wildman–Crippen LogP) is -5.37.